The monoisotopic (exact) mass is 231 g/mol. The first kappa shape index (κ1) is 11.9. The highest BCUT2D eigenvalue weighted by molar-refractivity contribution is 5.45. The van der Waals surface area contributed by atoms with Crippen LogP contribution >= 0.6 is 0 Å². The largest absolute Gasteiger partial charge is 0.493 e. The summed E-state index contributed by atoms with van der Waals surface area (Å²) in [4.78, 5) is 9.97. The van der Waals surface area contributed by atoms with Crippen molar-refractivity contribution in [1.29, 1.82) is 0 Å². The van der Waals surface area contributed by atoms with Crippen LogP contribution in [0.15, 0.2) is 30.3 Å². The molecule has 0 spiro atoms. The number of carbonyl (C=O) groups excluding carboxylic acids is 1. The smallest absolute Gasteiger partial charge is 0.122 e. The fourth-order valence-electron chi connectivity index (χ4n) is 2.10. The number of rotatable bonds is 5. The first-order chi connectivity index (χ1) is 8.40. The lowest BCUT2D eigenvalue weighted by atomic mass is 9.94. The topological polar surface area (TPSA) is 38.3 Å². The molecule has 1 N–H and O–H groups in total. The summed E-state index contributed by atoms with van der Waals surface area (Å²) in [5, 5.41) is 3.18. The average Bonchev–Trinajstić information content (AvgIpc) is 2.38. The molecule has 0 radical (unpaired) electrons. The Balaban J connectivity index is 1.76. The van der Waals surface area contributed by atoms with Crippen LogP contribution in [-0.4, -0.2) is 25.6 Å². The van der Waals surface area contributed by atoms with Crippen LogP contribution in [-0.2, 0) is 11.2 Å². The van der Waals surface area contributed by atoms with E-state index in [1.165, 1.54) is 11.6 Å². The van der Waals surface area contributed by atoms with E-state index in [4.69, 9.17) is 4.74 Å². The zero-order valence-electron chi connectivity index (χ0n) is 9.82. The van der Waals surface area contributed by atoms with Crippen molar-refractivity contribution in [2.75, 3.05) is 19.7 Å². The molecule has 0 saturated heterocycles. The van der Waals surface area contributed by atoms with Crippen LogP contribution in [0.25, 0.3) is 0 Å². The van der Waals surface area contributed by atoms with Crippen molar-refractivity contribution in [1.82, 2.24) is 5.32 Å². The van der Waals surface area contributed by atoms with Gasteiger partial charge in [-0.05, 0) is 36.9 Å². The Kier molecular flexibility index (Phi) is 4.37. The maximum atomic E-state index is 9.97. The number of ether oxygens (including phenoxy) is 1. The van der Waals surface area contributed by atoms with Gasteiger partial charge in [-0.1, -0.05) is 18.2 Å². The van der Waals surface area contributed by atoms with Gasteiger partial charge in [0.2, 0.25) is 0 Å². The SMILES string of the molecule is O=C=CCNCCC1COc2ccccc2C1. The summed E-state index contributed by atoms with van der Waals surface area (Å²) in [5.41, 5.74) is 1.30. The van der Waals surface area contributed by atoms with Crippen molar-refractivity contribution in [2.45, 2.75) is 12.8 Å². The number of hydrogen-bond donors (Lipinski definition) is 1. The van der Waals surface area contributed by atoms with Crippen LogP contribution in [0, 0.1) is 5.92 Å². The average molecular weight is 231 g/mol. The van der Waals surface area contributed by atoms with Crippen LogP contribution in [0.4, 0.5) is 0 Å². The fourth-order valence-corrected chi connectivity index (χ4v) is 2.10. The maximum Gasteiger partial charge on any atom is 0.122 e. The Morgan fingerprint density at radius 1 is 1.47 bits per heavy atom. The van der Waals surface area contributed by atoms with Gasteiger partial charge in [0.25, 0.3) is 0 Å². The van der Waals surface area contributed by atoms with Gasteiger partial charge in [-0.2, -0.15) is 0 Å². The van der Waals surface area contributed by atoms with Crippen LogP contribution in [0.2, 0.25) is 0 Å². The maximum absolute atomic E-state index is 9.97. The summed E-state index contributed by atoms with van der Waals surface area (Å²) in [5.74, 6) is 3.35. The van der Waals surface area contributed by atoms with Crippen molar-refractivity contribution in [3.63, 3.8) is 0 Å². The molecule has 0 saturated carbocycles. The van der Waals surface area contributed by atoms with Crippen molar-refractivity contribution < 1.29 is 9.53 Å². The van der Waals surface area contributed by atoms with Gasteiger partial charge in [-0.25, -0.2) is 4.79 Å². The van der Waals surface area contributed by atoms with Gasteiger partial charge in [0, 0.05) is 12.6 Å². The lowest BCUT2D eigenvalue weighted by molar-refractivity contribution is 0.214. The first-order valence-electron chi connectivity index (χ1n) is 6.01. The third kappa shape index (κ3) is 3.45. The number of benzene rings is 1. The van der Waals surface area contributed by atoms with Gasteiger partial charge in [-0.15, -0.1) is 0 Å². The van der Waals surface area contributed by atoms with Gasteiger partial charge in [0.15, 0.2) is 0 Å². The summed E-state index contributed by atoms with van der Waals surface area (Å²) < 4.78 is 5.72. The van der Waals surface area contributed by atoms with E-state index in [1.54, 1.807) is 5.94 Å². The van der Waals surface area contributed by atoms with Crippen LogP contribution in [0.5, 0.6) is 5.75 Å². The highest BCUT2D eigenvalue weighted by Crippen LogP contribution is 2.27. The molecule has 0 aromatic heterocycles. The van der Waals surface area contributed by atoms with Gasteiger partial charge < -0.3 is 10.1 Å². The molecule has 0 bridgehead atoms. The van der Waals surface area contributed by atoms with Gasteiger partial charge in [-0.3, -0.25) is 0 Å². The third-order valence-corrected chi connectivity index (χ3v) is 3.01. The lowest BCUT2D eigenvalue weighted by Gasteiger charge is -2.25. The van der Waals surface area contributed by atoms with Gasteiger partial charge in [0.05, 0.1) is 6.61 Å². The molecule has 1 aromatic rings. The minimum atomic E-state index is 0.567. The molecule has 1 heterocycles. The molecule has 1 aliphatic rings. The summed E-state index contributed by atoms with van der Waals surface area (Å²) in [6.07, 6.45) is 3.62. The molecule has 0 amide bonds. The highest BCUT2D eigenvalue weighted by atomic mass is 16.5. The molecule has 0 fully saturated rings. The second kappa shape index (κ2) is 6.24. The van der Waals surface area contributed by atoms with E-state index in [-0.39, 0.29) is 0 Å². The summed E-state index contributed by atoms with van der Waals surface area (Å²) in [7, 11) is 0. The molecular weight excluding hydrogens is 214 g/mol. The van der Waals surface area contributed by atoms with Crippen LogP contribution in [0.3, 0.4) is 0 Å². The Bertz CT molecular complexity index is 410. The predicted molar refractivity (Wildman–Crippen MR) is 66.9 cm³/mol. The molecule has 1 unspecified atom stereocenters. The number of fused-ring (bicyclic) bond motifs is 1. The van der Waals surface area contributed by atoms with E-state index >= 15 is 0 Å². The van der Waals surface area contributed by atoms with E-state index in [1.807, 2.05) is 12.1 Å². The highest BCUT2D eigenvalue weighted by Gasteiger charge is 2.18. The molecule has 3 heteroatoms. The summed E-state index contributed by atoms with van der Waals surface area (Å²) >= 11 is 0. The van der Waals surface area contributed by atoms with Gasteiger partial charge in [0.1, 0.15) is 11.7 Å². The summed E-state index contributed by atoms with van der Waals surface area (Å²) in [6.45, 7) is 2.31. The quantitative estimate of drug-likeness (QED) is 0.618. The van der Waals surface area contributed by atoms with E-state index in [2.05, 4.69) is 17.4 Å². The van der Waals surface area contributed by atoms with E-state index in [0.717, 1.165) is 31.7 Å². The zero-order valence-corrected chi connectivity index (χ0v) is 9.82. The molecule has 1 aromatic carbocycles. The van der Waals surface area contributed by atoms with E-state index in [0.29, 0.717) is 12.5 Å². The molecule has 3 nitrogen and oxygen atoms in total. The van der Waals surface area contributed by atoms with Crippen LogP contribution in [0.1, 0.15) is 12.0 Å². The fraction of sp³-hybridized carbons (Fsp3) is 0.429. The van der Waals surface area contributed by atoms with Gasteiger partial charge >= 0.3 is 0 Å². The van der Waals surface area contributed by atoms with Crippen molar-refractivity contribution in [3.8, 4) is 5.75 Å². The molecule has 1 atom stereocenters. The van der Waals surface area contributed by atoms with Crippen LogP contribution < -0.4 is 10.1 Å². The normalized spacial score (nSPS) is 17.8. The van der Waals surface area contributed by atoms with E-state index in [9.17, 15) is 4.79 Å². The standard InChI is InChI=1S/C14H17NO2/c16-9-3-7-15-8-6-12-10-13-4-1-2-5-14(13)17-11-12/h1-5,12,15H,6-8,10-11H2. The zero-order chi connectivity index (χ0) is 11.9. The second-order valence-corrected chi connectivity index (χ2v) is 4.30. The predicted octanol–water partition coefficient (Wildman–Crippen LogP) is 1.61. The van der Waals surface area contributed by atoms with Crippen molar-refractivity contribution in [2.24, 2.45) is 5.92 Å². The lowest BCUT2D eigenvalue weighted by Crippen LogP contribution is -2.25. The molecule has 1 aliphatic heterocycles. The third-order valence-electron chi connectivity index (χ3n) is 3.01. The minimum Gasteiger partial charge on any atom is -0.493 e. The first-order valence-corrected chi connectivity index (χ1v) is 6.01. The Hall–Kier alpha value is -1.57. The second-order valence-electron chi connectivity index (χ2n) is 4.30. The summed E-state index contributed by atoms with van der Waals surface area (Å²) in [6, 6.07) is 8.22. The number of hydrogen-bond acceptors (Lipinski definition) is 3. The Labute approximate surface area is 101 Å². The minimum absolute atomic E-state index is 0.567. The molecule has 90 valence electrons. The molecule has 17 heavy (non-hydrogen) atoms. The Morgan fingerprint density at radius 3 is 3.24 bits per heavy atom. The van der Waals surface area contributed by atoms with Crippen molar-refractivity contribution >= 4 is 5.94 Å². The Morgan fingerprint density at radius 2 is 2.35 bits per heavy atom. The molecule has 2 rings (SSSR count). The molecular formula is C14H17NO2. The van der Waals surface area contributed by atoms with Crippen molar-refractivity contribution in [3.05, 3.63) is 35.9 Å². The number of nitrogens with one attached hydrogen (secondary N) is 1. The van der Waals surface area contributed by atoms with E-state index < -0.39 is 0 Å². The molecule has 0 aliphatic carbocycles. The number of para-hydroxylation sites is 1.